The van der Waals surface area contributed by atoms with Crippen molar-refractivity contribution in [3.8, 4) is 0 Å². The summed E-state index contributed by atoms with van der Waals surface area (Å²) in [6.45, 7) is 17.2. The topological polar surface area (TPSA) is 0 Å². The second-order valence-corrected chi connectivity index (χ2v) is 23.8. The van der Waals surface area contributed by atoms with E-state index in [4.69, 9.17) is 0 Å². The molecule has 0 spiro atoms. The predicted octanol–water partition coefficient (Wildman–Crippen LogP) is 3.74. The first-order valence-corrected chi connectivity index (χ1v) is 17.8. The maximum atomic E-state index is 15.0. The molecule has 0 aliphatic heterocycles. The third kappa shape index (κ3) is 3.53. The van der Waals surface area contributed by atoms with Crippen LogP contribution in [-0.2, 0) is 0 Å². The molecule has 6 heteroatoms. The second kappa shape index (κ2) is 5.38. The molecule has 1 aromatic rings. The molecule has 0 saturated carbocycles. The van der Waals surface area contributed by atoms with Crippen molar-refractivity contribution in [2.75, 3.05) is 0 Å². The van der Waals surface area contributed by atoms with Crippen LogP contribution < -0.4 is 15.6 Å². The van der Waals surface area contributed by atoms with Crippen LogP contribution in [0.25, 0.3) is 0 Å². The van der Waals surface area contributed by atoms with Crippen molar-refractivity contribution < 1.29 is 13.2 Å². The lowest BCUT2D eigenvalue weighted by atomic mass is 10.3. The minimum Gasteiger partial charge on any atom is -0.207 e. The monoisotopic (exact) mass is 348 g/mol. The molecule has 0 radical (unpaired) electrons. The number of rotatable bonds is 3. The van der Waals surface area contributed by atoms with E-state index in [-0.39, 0.29) is 15.6 Å². The van der Waals surface area contributed by atoms with E-state index < -0.39 is 41.7 Å². The van der Waals surface area contributed by atoms with Gasteiger partial charge in [0.05, 0.1) is 24.2 Å². The van der Waals surface area contributed by atoms with Crippen molar-refractivity contribution in [2.24, 2.45) is 0 Å². The quantitative estimate of drug-likeness (QED) is 0.730. The summed E-state index contributed by atoms with van der Waals surface area (Å²) in [5.41, 5.74) is 0. The van der Waals surface area contributed by atoms with E-state index in [1.807, 2.05) is 58.9 Å². The van der Waals surface area contributed by atoms with Gasteiger partial charge in [-0.1, -0.05) is 58.9 Å². The molecule has 1 rings (SSSR count). The number of halogens is 3. The van der Waals surface area contributed by atoms with E-state index in [2.05, 4.69) is 0 Å². The van der Waals surface area contributed by atoms with Gasteiger partial charge in [0.2, 0.25) is 0 Å². The Morgan fingerprint density at radius 1 is 0.429 bits per heavy atom. The van der Waals surface area contributed by atoms with E-state index in [9.17, 15) is 13.2 Å². The molecule has 1 aromatic carbocycles. The van der Waals surface area contributed by atoms with Gasteiger partial charge in [-0.15, -0.1) is 0 Å². The summed E-state index contributed by atoms with van der Waals surface area (Å²) in [6.07, 6.45) is 0. The summed E-state index contributed by atoms with van der Waals surface area (Å²) < 4.78 is 44.9. The Kier molecular flexibility index (Phi) is 4.80. The van der Waals surface area contributed by atoms with Gasteiger partial charge in [-0.3, -0.25) is 0 Å². The van der Waals surface area contributed by atoms with Crippen molar-refractivity contribution in [1.29, 1.82) is 0 Å². The molecule has 0 atom stereocenters. The van der Waals surface area contributed by atoms with Gasteiger partial charge < -0.3 is 0 Å². The van der Waals surface area contributed by atoms with Crippen LogP contribution in [0.2, 0.25) is 58.9 Å². The zero-order valence-corrected chi connectivity index (χ0v) is 17.6. The average Bonchev–Trinajstić information content (AvgIpc) is 2.07. The first-order valence-electron chi connectivity index (χ1n) is 7.32. The fourth-order valence-electron chi connectivity index (χ4n) is 2.64. The van der Waals surface area contributed by atoms with Crippen molar-refractivity contribution in [1.82, 2.24) is 0 Å². The molecule has 0 heterocycles. The molecule has 0 amide bonds. The average molecular weight is 349 g/mol. The zero-order valence-electron chi connectivity index (χ0n) is 14.6. The number of hydrogen-bond donors (Lipinski definition) is 0. The molecule has 0 N–H and O–H groups in total. The summed E-state index contributed by atoms with van der Waals surface area (Å²) in [5.74, 6) is -1.82. The van der Waals surface area contributed by atoms with Gasteiger partial charge in [0, 0.05) is 15.6 Å². The van der Waals surface area contributed by atoms with Crippen LogP contribution in [0.15, 0.2) is 0 Å². The van der Waals surface area contributed by atoms with Gasteiger partial charge in [0.25, 0.3) is 0 Å². The highest BCUT2D eigenvalue weighted by atomic mass is 28.3. The fraction of sp³-hybridized carbons (Fsp3) is 0.600. The minimum absolute atomic E-state index is 0.179. The molecule has 0 fully saturated rings. The molecule has 0 nitrogen and oxygen atoms in total. The Bertz CT molecular complexity index is 459. The maximum Gasteiger partial charge on any atom is 0.127 e. The Morgan fingerprint density at radius 3 is 0.667 bits per heavy atom. The Hall–Kier alpha value is -0.339. The molecule has 0 aliphatic carbocycles. The molecule has 0 unspecified atom stereocenters. The third-order valence-corrected chi connectivity index (χ3v) is 9.38. The SMILES string of the molecule is C[Si](C)(C)c1c(F)c([Si](C)(C)C)c(F)c([Si](C)(C)C)c1F. The van der Waals surface area contributed by atoms with Crippen molar-refractivity contribution in [3.63, 3.8) is 0 Å². The van der Waals surface area contributed by atoms with E-state index in [1.54, 1.807) is 0 Å². The summed E-state index contributed by atoms with van der Waals surface area (Å²) in [6, 6.07) is 0. The molecule has 0 aliphatic rings. The summed E-state index contributed by atoms with van der Waals surface area (Å²) in [5, 5.41) is 0.538. The minimum atomic E-state index is -2.24. The van der Waals surface area contributed by atoms with Crippen LogP contribution in [0.1, 0.15) is 0 Å². The molecule has 0 saturated heterocycles. The smallest absolute Gasteiger partial charge is 0.127 e. The first kappa shape index (κ1) is 18.7. The van der Waals surface area contributed by atoms with E-state index >= 15 is 0 Å². The van der Waals surface area contributed by atoms with Gasteiger partial charge in [0.1, 0.15) is 17.5 Å². The largest absolute Gasteiger partial charge is 0.207 e. The van der Waals surface area contributed by atoms with E-state index in [0.29, 0.717) is 0 Å². The molecule has 0 bridgehead atoms. The Morgan fingerprint density at radius 2 is 0.571 bits per heavy atom. The molecule has 0 aromatic heterocycles. The van der Waals surface area contributed by atoms with Gasteiger partial charge in [0.15, 0.2) is 0 Å². The van der Waals surface area contributed by atoms with Crippen LogP contribution in [0.5, 0.6) is 0 Å². The Balaban J connectivity index is 4.04. The van der Waals surface area contributed by atoms with Gasteiger partial charge >= 0.3 is 0 Å². The van der Waals surface area contributed by atoms with Crippen LogP contribution >= 0.6 is 0 Å². The van der Waals surface area contributed by atoms with Crippen LogP contribution in [0.4, 0.5) is 13.2 Å². The lowest BCUT2D eigenvalue weighted by Gasteiger charge is -2.30. The highest BCUT2D eigenvalue weighted by molar-refractivity contribution is 6.94. The van der Waals surface area contributed by atoms with Crippen molar-refractivity contribution >= 4 is 39.8 Å². The molecule has 120 valence electrons. The van der Waals surface area contributed by atoms with Crippen molar-refractivity contribution in [3.05, 3.63) is 17.5 Å². The summed E-state index contributed by atoms with van der Waals surface area (Å²) in [4.78, 5) is 0. The second-order valence-electron chi connectivity index (χ2n) is 8.82. The molecule has 21 heavy (non-hydrogen) atoms. The maximum absolute atomic E-state index is 15.0. The van der Waals surface area contributed by atoms with Gasteiger partial charge in [-0.2, -0.15) is 0 Å². The van der Waals surface area contributed by atoms with Gasteiger partial charge in [-0.05, 0) is 0 Å². The lowest BCUT2D eigenvalue weighted by molar-refractivity contribution is 0.571. The fourth-order valence-corrected chi connectivity index (χ4v) is 7.72. The summed E-state index contributed by atoms with van der Waals surface area (Å²) >= 11 is 0. The highest BCUT2D eigenvalue weighted by Gasteiger charge is 2.39. The predicted molar refractivity (Wildman–Crippen MR) is 95.3 cm³/mol. The summed E-state index contributed by atoms with van der Waals surface area (Å²) in [7, 11) is -6.71. The lowest BCUT2D eigenvalue weighted by Crippen LogP contribution is -2.59. The van der Waals surface area contributed by atoms with E-state index in [1.165, 1.54) is 0 Å². The number of benzene rings is 1. The van der Waals surface area contributed by atoms with Crippen LogP contribution in [0.3, 0.4) is 0 Å². The van der Waals surface area contributed by atoms with E-state index in [0.717, 1.165) is 0 Å². The van der Waals surface area contributed by atoms with Crippen LogP contribution in [-0.4, -0.2) is 24.2 Å². The molecular weight excluding hydrogens is 321 g/mol. The van der Waals surface area contributed by atoms with Crippen molar-refractivity contribution in [2.45, 2.75) is 58.9 Å². The standard InChI is InChI=1S/C15H27F3Si3/c1-19(2,3)13-10(16)14(20(4,5)6)12(18)15(11(13)17)21(7,8)9/h1-9H3. The number of hydrogen-bond acceptors (Lipinski definition) is 0. The highest BCUT2D eigenvalue weighted by Crippen LogP contribution is 2.17. The van der Waals surface area contributed by atoms with Crippen LogP contribution in [0, 0.1) is 17.5 Å². The normalized spacial score (nSPS) is 13.7. The molecular formula is C15H27F3Si3. The third-order valence-electron chi connectivity index (χ3n) is 3.57. The Labute approximate surface area is 129 Å². The zero-order chi connectivity index (χ0) is 17.0. The first-order chi connectivity index (χ1) is 9.10. The van der Waals surface area contributed by atoms with Gasteiger partial charge in [-0.25, -0.2) is 13.2 Å².